The lowest BCUT2D eigenvalue weighted by molar-refractivity contribution is 0.0387. The highest BCUT2D eigenvalue weighted by atomic mass is 16.8. The Morgan fingerprint density at radius 2 is 1.67 bits per heavy atom. The van der Waals surface area contributed by atoms with Crippen LogP contribution in [-0.4, -0.2) is 25.5 Å². The Kier molecular flexibility index (Phi) is 5.77. The summed E-state index contributed by atoms with van der Waals surface area (Å²) in [4.78, 5) is 21.0. The Labute approximate surface area is 70.6 Å². The molecule has 0 saturated carbocycles. The van der Waals surface area contributed by atoms with Gasteiger partial charge in [0.25, 0.3) is 0 Å². The Balaban J connectivity index is 3.47. The van der Waals surface area contributed by atoms with Crippen molar-refractivity contribution in [3.63, 3.8) is 0 Å². The Morgan fingerprint density at radius 3 is 2.17 bits per heavy atom. The van der Waals surface area contributed by atoms with E-state index in [9.17, 15) is 9.59 Å². The van der Waals surface area contributed by atoms with E-state index in [1.54, 1.807) is 6.92 Å². The van der Waals surface area contributed by atoms with Gasteiger partial charge in [0.05, 0.1) is 13.2 Å². The molecule has 0 aromatic carbocycles. The molecule has 0 radical (unpaired) electrons. The molecule has 0 unspecified atom stereocenters. The van der Waals surface area contributed by atoms with Crippen LogP contribution in [0.15, 0.2) is 0 Å². The summed E-state index contributed by atoms with van der Waals surface area (Å²) in [5.41, 5.74) is 0. The second kappa shape index (κ2) is 6.45. The van der Waals surface area contributed by atoms with Crippen LogP contribution in [0.25, 0.3) is 0 Å². The summed E-state index contributed by atoms with van der Waals surface area (Å²) < 4.78 is 12.8. The summed E-state index contributed by atoms with van der Waals surface area (Å²) in [7, 11) is 0. The quantitative estimate of drug-likeness (QED) is 0.483. The largest absolute Gasteiger partial charge is 0.518 e. The van der Waals surface area contributed by atoms with Gasteiger partial charge in [0.2, 0.25) is 0 Å². The third-order valence-corrected chi connectivity index (χ3v) is 0.853. The Morgan fingerprint density at radius 1 is 1.08 bits per heavy atom. The van der Waals surface area contributed by atoms with Gasteiger partial charge in [0.15, 0.2) is 0 Å². The van der Waals surface area contributed by atoms with Crippen LogP contribution in [0.2, 0.25) is 0 Å². The van der Waals surface area contributed by atoms with Gasteiger partial charge < -0.3 is 14.2 Å². The molecule has 0 heterocycles. The minimum atomic E-state index is -1.03. The average molecular weight is 176 g/mol. The molecule has 12 heavy (non-hydrogen) atoms. The fraction of sp³-hybridized carbons (Fsp3) is 0.714. The zero-order valence-electron chi connectivity index (χ0n) is 7.16. The number of rotatable bonds is 3. The molecule has 0 aromatic rings. The lowest BCUT2D eigenvalue weighted by atomic mass is 10.5. The lowest BCUT2D eigenvalue weighted by Gasteiger charge is -2.02. The average Bonchev–Trinajstić information content (AvgIpc) is 2.01. The second-order valence-corrected chi connectivity index (χ2v) is 1.88. The van der Waals surface area contributed by atoms with Gasteiger partial charge in [-0.3, -0.25) is 0 Å². The molecular weight excluding hydrogens is 164 g/mol. The fourth-order valence-corrected chi connectivity index (χ4v) is 0.430. The first-order valence-corrected chi connectivity index (χ1v) is 3.72. The summed E-state index contributed by atoms with van der Waals surface area (Å²) in [6.45, 7) is 3.84. The van der Waals surface area contributed by atoms with Gasteiger partial charge in [-0.15, -0.1) is 0 Å². The number of hydrogen-bond acceptors (Lipinski definition) is 5. The van der Waals surface area contributed by atoms with Gasteiger partial charge in [-0.05, 0) is 13.3 Å². The standard InChI is InChI=1S/C7H12O5/c1-3-5-11-7(9)12-6(8)10-4-2/h3-5H2,1-2H3. The first kappa shape index (κ1) is 10.7. The molecule has 0 N–H and O–H groups in total. The van der Waals surface area contributed by atoms with Gasteiger partial charge >= 0.3 is 12.3 Å². The normalized spacial score (nSPS) is 8.83. The molecule has 70 valence electrons. The first-order chi connectivity index (χ1) is 5.70. The van der Waals surface area contributed by atoms with Crippen LogP contribution in [0.4, 0.5) is 9.59 Å². The van der Waals surface area contributed by atoms with Crippen LogP contribution < -0.4 is 0 Å². The van der Waals surface area contributed by atoms with E-state index in [4.69, 9.17) is 0 Å². The van der Waals surface area contributed by atoms with E-state index in [2.05, 4.69) is 14.2 Å². The minimum Gasteiger partial charge on any atom is -0.434 e. The molecule has 0 saturated heterocycles. The monoisotopic (exact) mass is 176 g/mol. The number of ether oxygens (including phenoxy) is 3. The van der Waals surface area contributed by atoms with Crippen molar-refractivity contribution in [3.05, 3.63) is 0 Å². The summed E-state index contributed by atoms with van der Waals surface area (Å²) >= 11 is 0. The van der Waals surface area contributed by atoms with Crippen LogP contribution >= 0.6 is 0 Å². The molecule has 5 heteroatoms. The third kappa shape index (κ3) is 5.52. The van der Waals surface area contributed by atoms with Crippen molar-refractivity contribution in [1.29, 1.82) is 0 Å². The van der Waals surface area contributed by atoms with E-state index in [1.165, 1.54) is 0 Å². The summed E-state index contributed by atoms with van der Waals surface area (Å²) in [5.74, 6) is 0. The summed E-state index contributed by atoms with van der Waals surface area (Å²) in [6, 6.07) is 0. The Bertz CT molecular complexity index is 154. The van der Waals surface area contributed by atoms with Crippen LogP contribution in [0.5, 0.6) is 0 Å². The Hall–Kier alpha value is -1.26. The summed E-state index contributed by atoms with van der Waals surface area (Å²) in [6.07, 6.45) is -1.37. The fourth-order valence-electron chi connectivity index (χ4n) is 0.430. The van der Waals surface area contributed by atoms with Crippen LogP contribution in [0, 0.1) is 0 Å². The molecular formula is C7H12O5. The van der Waals surface area contributed by atoms with E-state index in [0.29, 0.717) is 6.42 Å². The van der Waals surface area contributed by atoms with Crippen molar-refractivity contribution in [3.8, 4) is 0 Å². The number of carbonyl (C=O) groups excluding carboxylic acids is 2. The molecule has 0 atom stereocenters. The maximum Gasteiger partial charge on any atom is 0.518 e. The molecule has 0 aliphatic carbocycles. The van der Waals surface area contributed by atoms with Crippen LogP contribution in [0.3, 0.4) is 0 Å². The lowest BCUT2D eigenvalue weighted by Crippen LogP contribution is -2.15. The van der Waals surface area contributed by atoms with E-state index < -0.39 is 12.3 Å². The van der Waals surface area contributed by atoms with Crippen molar-refractivity contribution < 1.29 is 23.8 Å². The SMILES string of the molecule is CCCOC(=O)OC(=O)OCC. The molecule has 0 bridgehead atoms. The minimum absolute atomic E-state index is 0.167. The smallest absolute Gasteiger partial charge is 0.434 e. The van der Waals surface area contributed by atoms with Crippen molar-refractivity contribution in [2.75, 3.05) is 13.2 Å². The molecule has 0 rings (SSSR count). The molecule has 0 aromatic heterocycles. The highest BCUT2D eigenvalue weighted by Gasteiger charge is 2.11. The van der Waals surface area contributed by atoms with Crippen molar-refractivity contribution in [2.24, 2.45) is 0 Å². The van der Waals surface area contributed by atoms with Gasteiger partial charge in [-0.2, -0.15) is 0 Å². The maximum absolute atomic E-state index is 10.5. The van der Waals surface area contributed by atoms with Crippen molar-refractivity contribution >= 4 is 12.3 Å². The van der Waals surface area contributed by atoms with Crippen molar-refractivity contribution in [1.82, 2.24) is 0 Å². The summed E-state index contributed by atoms with van der Waals surface area (Å²) in [5, 5.41) is 0. The van der Waals surface area contributed by atoms with Gasteiger partial charge in [0, 0.05) is 0 Å². The number of carbonyl (C=O) groups is 2. The zero-order chi connectivity index (χ0) is 9.40. The van der Waals surface area contributed by atoms with Crippen LogP contribution in [-0.2, 0) is 14.2 Å². The van der Waals surface area contributed by atoms with E-state index in [1.807, 2.05) is 6.92 Å². The first-order valence-electron chi connectivity index (χ1n) is 3.72. The van der Waals surface area contributed by atoms with E-state index in [0.717, 1.165) is 0 Å². The van der Waals surface area contributed by atoms with Gasteiger partial charge in [0.1, 0.15) is 0 Å². The highest BCUT2D eigenvalue weighted by Crippen LogP contribution is 1.91. The van der Waals surface area contributed by atoms with Crippen LogP contribution in [0.1, 0.15) is 20.3 Å². The van der Waals surface area contributed by atoms with Gasteiger partial charge in [-0.1, -0.05) is 6.92 Å². The molecule has 0 aliphatic heterocycles. The predicted octanol–water partition coefficient (Wildman–Crippen LogP) is 1.71. The third-order valence-electron chi connectivity index (χ3n) is 0.853. The maximum atomic E-state index is 10.5. The molecule has 0 amide bonds. The molecule has 5 nitrogen and oxygen atoms in total. The van der Waals surface area contributed by atoms with Gasteiger partial charge in [-0.25, -0.2) is 9.59 Å². The predicted molar refractivity (Wildman–Crippen MR) is 39.7 cm³/mol. The molecule has 0 spiro atoms. The zero-order valence-corrected chi connectivity index (χ0v) is 7.16. The van der Waals surface area contributed by atoms with E-state index in [-0.39, 0.29) is 13.2 Å². The topological polar surface area (TPSA) is 61.8 Å². The molecule has 0 fully saturated rings. The highest BCUT2D eigenvalue weighted by molar-refractivity contribution is 5.76. The number of hydrogen-bond donors (Lipinski definition) is 0. The van der Waals surface area contributed by atoms with E-state index >= 15 is 0 Å². The van der Waals surface area contributed by atoms with Crippen molar-refractivity contribution in [2.45, 2.75) is 20.3 Å². The molecule has 0 aliphatic rings. The second-order valence-electron chi connectivity index (χ2n) is 1.88.